The number of thiophene rings is 1. The molecule has 132 valence electrons. The second kappa shape index (κ2) is 7.21. The predicted octanol–water partition coefficient (Wildman–Crippen LogP) is 2.91. The molecule has 4 rings (SSSR count). The van der Waals surface area contributed by atoms with Gasteiger partial charge in [0.2, 0.25) is 5.91 Å². The van der Waals surface area contributed by atoms with E-state index in [2.05, 4.69) is 31.7 Å². The number of carbonyl (C=O) groups excluding carboxylic acids is 1. The van der Waals surface area contributed by atoms with Crippen molar-refractivity contribution >= 4 is 23.1 Å². The molecular weight excluding hydrogens is 346 g/mol. The fourth-order valence-corrected chi connectivity index (χ4v) is 3.91. The molecule has 3 aromatic rings. The highest BCUT2D eigenvalue weighted by molar-refractivity contribution is 7.10. The van der Waals surface area contributed by atoms with Crippen LogP contribution in [0, 0.1) is 6.92 Å². The highest BCUT2D eigenvalue weighted by Crippen LogP contribution is 2.24. The van der Waals surface area contributed by atoms with Crippen molar-refractivity contribution in [1.82, 2.24) is 19.9 Å². The zero-order valence-corrected chi connectivity index (χ0v) is 15.3. The molecule has 1 N–H and O–H groups in total. The van der Waals surface area contributed by atoms with Gasteiger partial charge in [0, 0.05) is 47.7 Å². The van der Waals surface area contributed by atoms with Crippen molar-refractivity contribution in [2.24, 2.45) is 0 Å². The van der Waals surface area contributed by atoms with Crippen molar-refractivity contribution in [2.45, 2.75) is 19.9 Å². The molecule has 0 fully saturated rings. The number of aryl methyl sites for hydroxylation is 1. The van der Waals surface area contributed by atoms with Gasteiger partial charge in [0.25, 0.3) is 0 Å². The number of hydrogen-bond acceptors (Lipinski definition) is 6. The van der Waals surface area contributed by atoms with E-state index in [0.29, 0.717) is 18.2 Å². The minimum Gasteiger partial charge on any atom is -0.361 e. The monoisotopic (exact) mass is 365 g/mol. The minimum atomic E-state index is 0.0843. The Hall–Kier alpha value is -2.80. The number of anilines is 1. The van der Waals surface area contributed by atoms with Gasteiger partial charge < -0.3 is 10.2 Å². The third-order valence-electron chi connectivity index (χ3n) is 4.36. The Labute approximate surface area is 155 Å². The van der Waals surface area contributed by atoms with Crippen LogP contribution in [-0.4, -0.2) is 38.8 Å². The standard InChI is InChI=1S/C19H19N5OS/c1-13-9-17(23-19(22-13)14-3-2-6-20-10-14)21-11-18(25)24-7-4-16-15(12-24)5-8-26-16/h2-3,5-6,8-10H,4,7,11-12H2,1H3,(H,21,22,23). The van der Waals surface area contributed by atoms with Gasteiger partial charge in [0.15, 0.2) is 5.82 Å². The molecule has 0 spiro atoms. The third kappa shape index (κ3) is 3.57. The number of aromatic nitrogens is 3. The van der Waals surface area contributed by atoms with Crippen LogP contribution in [0.4, 0.5) is 5.82 Å². The van der Waals surface area contributed by atoms with Crippen molar-refractivity contribution < 1.29 is 4.79 Å². The molecule has 1 aliphatic rings. The predicted molar refractivity (Wildman–Crippen MR) is 102 cm³/mol. The van der Waals surface area contributed by atoms with Crippen LogP contribution in [0.2, 0.25) is 0 Å². The third-order valence-corrected chi connectivity index (χ3v) is 5.38. The number of nitrogens with zero attached hydrogens (tertiary/aromatic N) is 4. The van der Waals surface area contributed by atoms with Gasteiger partial charge >= 0.3 is 0 Å². The van der Waals surface area contributed by atoms with Crippen LogP contribution in [0.1, 0.15) is 16.1 Å². The summed E-state index contributed by atoms with van der Waals surface area (Å²) in [6.07, 6.45) is 4.39. The first-order valence-electron chi connectivity index (χ1n) is 8.52. The summed E-state index contributed by atoms with van der Waals surface area (Å²) < 4.78 is 0. The number of carbonyl (C=O) groups is 1. The Balaban J connectivity index is 1.43. The first-order valence-corrected chi connectivity index (χ1v) is 9.40. The van der Waals surface area contributed by atoms with E-state index in [9.17, 15) is 4.79 Å². The molecule has 1 amide bonds. The molecule has 0 aliphatic carbocycles. The van der Waals surface area contributed by atoms with Gasteiger partial charge in [-0.15, -0.1) is 11.3 Å². The van der Waals surface area contributed by atoms with Gasteiger partial charge in [-0.2, -0.15) is 0 Å². The zero-order chi connectivity index (χ0) is 17.9. The van der Waals surface area contributed by atoms with E-state index in [1.165, 1.54) is 10.4 Å². The molecule has 0 atom stereocenters. The highest BCUT2D eigenvalue weighted by atomic mass is 32.1. The van der Waals surface area contributed by atoms with E-state index in [-0.39, 0.29) is 12.5 Å². The second-order valence-corrected chi connectivity index (χ2v) is 7.25. The Kier molecular flexibility index (Phi) is 4.62. The number of hydrogen-bond donors (Lipinski definition) is 1. The van der Waals surface area contributed by atoms with E-state index in [1.807, 2.05) is 30.0 Å². The van der Waals surface area contributed by atoms with E-state index >= 15 is 0 Å². The molecule has 0 aromatic carbocycles. The lowest BCUT2D eigenvalue weighted by atomic mass is 10.1. The maximum Gasteiger partial charge on any atom is 0.242 e. The van der Waals surface area contributed by atoms with Crippen LogP contribution in [0.25, 0.3) is 11.4 Å². The summed E-state index contributed by atoms with van der Waals surface area (Å²) in [6, 6.07) is 7.73. The van der Waals surface area contributed by atoms with Crippen molar-refractivity contribution in [1.29, 1.82) is 0 Å². The van der Waals surface area contributed by atoms with Crippen LogP contribution < -0.4 is 5.32 Å². The zero-order valence-electron chi connectivity index (χ0n) is 14.5. The first-order chi connectivity index (χ1) is 12.7. The Morgan fingerprint density at radius 3 is 3.12 bits per heavy atom. The van der Waals surface area contributed by atoms with Gasteiger partial charge in [-0.05, 0) is 42.5 Å². The van der Waals surface area contributed by atoms with E-state index < -0.39 is 0 Å². The van der Waals surface area contributed by atoms with E-state index in [0.717, 1.165) is 24.2 Å². The quantitative estimate of drug-likeness (QED) is 0.770. The van der Waals surface area contributed by atoms with E-state index in [4.69, 9.17) is 0 Å². The fourth-order valence-electron chi connectivity index (χ4n) is 3.02. The lowest BCUT2D eigenvalue weighted by Crippen LogP contribution is -2.38. The summed E-state index contributed by atoms with van der Waals surface area (Å²) >= 11 is 1.77. The summed E-state index contributed by atoms with van der Waals surface area (Å²) in [4.78, 5) is 28.9. The number of pyridine rings is 1. The SMILES string of the molecule is Cc1cc(NCC(=O)N2CCc3sccc3C2)nc(-c2cccnc2)n1. The molecule has 3 aromatic heterocycles. The molecule has 0 bridgehead atoms. The summed E-state index contributed by atoms with van der Waals surface area (Å²) in [6.45, 7) is 3.61. The van der Waals surface area contributed by atoms with Gasteiger partial charge in [-0.3, -0.25) is 9.78 Å². The maximum absolute atomic E-state index is 12.6. The lowest BCUT2D eigenvalue weighted by molar-refractivity contribution is -0.130. The summed E-state index contributed by atoms with van der Waals surface area (Å²) in [5.74, 6) is 1.34. The largest absolute Gasteiger partial charge is 0.361 e. The van der Waals surface area contributed by atoms with Crippen LogP contribution in [0.3, 0.4) is 0 Å². The van der Waals surface area contributed by atoms with Crippen molar-refractivity contribution in [2.75, 3.05) is 18.4 Å². The fraction of sp³-hybridized carbons (Fsp3) is 0.263. The average molecular weight is 365 g/mol. The Bertz CT molecular complexity index is 925. The average Bonchev–Trinajstić information content (AvgIpc) is 3.14. The Morgan fingerprint density at radius 1 is 1.35 bits per heavy atom. The van der Waals surface area contributed by atoms with Gasteiger partial charge in [-0.25, -0.2) is 9.97 Å². The molecular formula is C19H19N5OS. The first kappa shape index (κ1) is 16.7. The second-order valence-electron chi connectivity index (χ2n) is 6.25. The molecule has 4 heterocycles. The van der Waals surface area contributed by atoms with Crippen LogP contribution in [0.15, 0.2) is 42.0 Å². The molecule has 0 radical (unpaired) electrons. The summed E-state index contributed by atoms with van der Waals surface area (Å²) in [7, 11) is 0. The van der Waals surface area contributed by atoms with Crippen LogP contribution in [-0.2, 0) is 17.8 Å². The highest BCUT2D eigenvalue weighted by Gasteiger charge is 2.21. The smallest absolute Gasteiger partial charge is 0.242 e. The molecule has 6 nitrogen and oxygen atoms in total. The number of nitrogens with one attached hydrogen (secondary N) is 1. The summed E-state index contributed by atoms with van der Waals surface area (Å²) in [5, 5.41) is 5.25. The maximum atomic E-state index is 12.6. The Morgan fingerprint density at radius 2 is 2.27 bits per heavy atom. The van der Waals surface area contributed by atoms with Crippen molar-refractivity contribution in [3.8, 4) is 11.4 Å². The van der Waals surface area contributed by atoms with Gasteiger partial charge in [0.05, 0.1) is 6.54 Å². The van der Waals surface area contributed by atoms with Crippen LogP contribution in [0.5, 0.6) is 0 Å². The number of amides is 1. The molecule has 7 heteroatoms. The molecule has 26 heavy (non-hydrogen) atoms. The lowest BCUT2D eigenvalue weighted by Gasteiger charge is -2.27. The van der Waals surface area contributed by atoms with Gasteiger partial charge in [0.1, 0.15) is 5.82 Å². The molecule has 0 saturated carbocycles. The number of rotatable bonds is 4. The van der Waals surface area contributed by atoms with Crippen LogP contribution >= 0.6 is 11.3 Å². The van der Waals surface area contributed by atoms with Crippen molar-refractivity contribution in [3.05, 3.63) is 58.2 Å². The van der Waals surface area contributed by atoms with Gasteiger partial charge in [-0.1, -0.05) is 0 Å². The molecule has 0 unspecified atom stereocenters. The van der Waals surface area contributed by atoms with E-state index in [1.54, 1.807) is 23.7 Å². The molecule has 0 saturated heterocycles. The van der Waals surface area contributed by atoms with Crippen molar-refractivity contribution in [3.63, 3.8) is 0 Å². The normalized spacial score (nSPS) is 13.3. The topological polar surface area (TPSA) is 71.0 Å². The molecule has 1 aliphatic heterocycles. The number of fused-ring (bicyclic) bond motifs is 1. The summed E-state index contributed by atoms with van der Waals surface area (Å²) in [5.41, 5.74) is 2.97. The minimum absolute atomic E-state index is 0.0843.